The molecule has 5 rings (SSSR count). The fraction of sp³-hybridized carbons (Fsp3) is 0.130. The molecule has 0 unspecified atom stereocenters. The van der Waals surface area contributed by atoms with Gasteiger partial charge in [0.25, 0.3) is 0 Å². The van der Waals surface area contributed by atoms with Gasteiger partial charge in [0.2, 0.25) is 0 Å². The molecule has 3 heterocycles. The summed E-state index contributed by atoms with van der Waals surface area (Å²) in [4.78, 5) is 9.28. The highest BCUT2D eigenvalue weighted by Gasteiger charge is 2.11. The Morgan fingerprint density at radius 1 is 0.929 bits per heavy atom. The fourth-order valence-corrected chi connectivity index (χ4v) is 3.36. The van der Waals surface area contributed by atoms with Crippen molar-refractivity contribution in [2.45, 2.75) is 6.61 Å². The quantitative estimate of drug-likeness (QED) is 0.581. The van der Waals surface area contributed by atoms with Crippen molar-refractivity contribution in [3.63, 3.8) is 0 Å². The number of nitrogens with one attached hydrogen (secondary N) is 1. The van der Waals surface area contributed by atoms with Crippen molar-refractivity contribution >= 4 is 11.5 Å². The Balaban J connectivity index is 1.41. The van der Waals surface area contributed by atoms with Gasteiger partial charge >= 0.3 is 0 Å². The molecule has 0 aliphatic carbocycles. The van der Waals surface area contributed by atoms with Crippen molar-refractivity contribution < 1.29 is 4.74 Å². The van der Waals surface area contributed by atoms with E-state index in [-0.39, 0.29) is 0 Å². The summed E-state index contributed by atoms with van der Waals surface area (Å²) >= 11 is 0. The number of hydrogen-bond acceptors (Lipinski definition) is 4. The molecule has 1 aliphatic rings. The molecule has 2 aromatic heterocycles. The number of amidine groups is 1. The zero-order valence-corrected chi connectivity index (χ0v) is 15.4. The molecule has 0 saturated heterocycles. The van der Waals surface area contributed by atoms with Crippen LogP contribution in [-0.4, -0.2) is 28.3 Å². The molecule has 28 heavy (non-hydrogen) atoms. The van der Waals surface area contributed by atoms with Crippen molar-refractivity contribution in [2.24, 2.45) is 4.99 Å². The van der Waals surface area contributed by atoms with Gasteiger partial charge in [-0.25, -0.2) is 4.98 Å². The van der Waals surface area contributed by atoms with Gasteiger partial charge in [0.1, 0.15) is 12.4 Å². The van der Waals surface area contributed by atoms with Gasteiger partial charge in [0, 0.05) is 30.1 Å². The van der Waals surface area contributed by atoms with Gasteiger partial charge in [-0.15, -0.1) is 0 Å². The van der Waals surface area contributed by atoms with E-state index < -0.39 is 0 Å². The summed E-state index contributed by atoms with van der Waals surface area (Å²) in [5, 5.41) is 3.30. The van der Waals surface area contributed by atoms with Crippen molar-refractivity contribution in [3.8, 4) is 17.0 Å². The van der Waals surface area contributed by atoms with Crippen LogP contribution in [-0.2, 0) is 6.61 Å². The van der Waals surface area contributed by atoms with E-state index in [2.05, 4.69) is 46.7 Å². The monoisotopic (exact) mass is 368 g/mol. The Labute approximate surface area is 163 Å². The SMILES string of the molecule is c1ccc(COc2cccn3cc(-c4ccc(C5=NCCN5)cc4)nc23)cc1. The predicted molar refractivity (Wildman–Crippen MR) is 111 cm³/mol. The highest BCUT2D eigenvalue weighted by atomic mass is 16.5. The van der Waals surface area contributed by atoms with Gasteiger partial charge < -0.3 is 14.5 Å². The Hall–Kier alpha value is -3.60. The van der Waals surface area contributed by atoms with Crippen LogP contribution in [0.15, 0.2) is 84.1 Å². The first-order chi connectivity index (χ1) is 13.9. The number of benzene rings is 2. The summed E-state index contributed by atoms with van der Waals surface area (Å²) in [6, 6.07) is 22.4. The zero-order chi connectivity index (χ0) is 18.8. The second-order valence-corrected chi connectivity index (χ2v) is 6.74. The Kier molecular flexibility index (Phi) is 4.26. The highest BCUT2D eigenvalue weighted by molar-refractivity contribution is 6.00. The molecule has 1 aliphatic heterocycles. The van der Waals surface area contributed by atoms with Crippen LogP contribution in [0.4, 0.5) is 0 Å². The molecule has 2 aromatic carbocycles. The van der Waals surface area contributed by atoms with Crippen LogP contribution in [0, 0.1) is 0 Å². The number of fused-ring (bicyclic) bond motifs is 1. The van der Waals surface area contributed by atoms with E-state index in [1.165, 1.54) is 0 Å². The van der Waals surface area contributed by atoms with Crippen molar-refractivity contribution in [1.82, 2.24) is 14.7 Å². The third kappa shape index (κ3) is 3.22. The second-order valence-electron chi connectivity index (χ2n) is 6.74. The van der Waals surface area contributed by atoms with E-state index in [0.29, 0.717) is 6.61 Å². The molecule has 5 nitrogen and oxygen atoms in total. The number of hydrogen-bond donors (Lipinski definition) is 1. The van der Waals surface area contributed by atoms with Gasteiger partial charge in [-0.05, 0) is 17.7 Å². The predicted octanol–water partition coefficient (Wildman–Crippen LogP) is 3.93. The molecule has 0 radical (unpaired) electrons. The minimum absolute atomic E-state index is 0.520. The van der Waals surface area contributed by atoms with Crippen LogP contribution in [0.25, 0.3) is 16.9 Å². The number of aromatic nitrogens is 2. The van der Waals surface area contributed by atoms with Crippen molar-refractivity contribution in [1.29, 1.82) is 0 Å². The fourth-order valence-electron chi connectivity index (χ4n) is 3.36. The highest BCUT2D eigenvalue weighted by Crippen LogP contribution is 2.25. The van der Waals surface area contributed by atoms with Gasteiger partial charge in [-0.3, -0.25) is 4.99 Å². The molecule has 0 spiro atoms. The average Bonchev–Trinajstić information content (AvgIpc) is 3.43. The maximum Gasteiger partial charge on any atom is 0.180 e. The van der Waals surface area contributed by atoms with Crippen molar-refractivity contribution in [2.75, 3.05) is 13.1 Å². The van der Waals surface area contributed by atoms with Crippen LogP contribution in [0.2, 0.25) is 0 Å². The van der Waals surface area contributed by atoms with E-state index in [1.54, 1.807) is 0 Å². The van der Waals surface area contributed by atoms with E-state index in [1.807, 2.05) is 47.1 Å². The third-order valence-electron chi connectivity index (χ3n) is 4.81. The van der Waals surface area contributed by atoms with Gasteiger partial charge in [0.15, 0.2) is 11.4 Å². The van der Waals surface area contributed by atoms with Crippen LogP contribution in [0.1, 0.15) is 11.1 Å². The summed E-state index contributed by atoms with van der Waals surface area (Å²) < 4.78 is 8.04. The minimum atomic E-state index is 0.520. The number of pyridine rings is 1. The maximum absolute atomic E-state index is 6.03. The average molecular weight is 368 g/mol. The van der Waals surface area contributed by atoms with Gasteiger partial charge in [-0.2, -0.15) is 0 Å². The summed E-state index contributed by atoms with van der Waals surface area (Å²) in [7, 11) is 0. The maximum atomic E-state index is 6.03. The summed E-state index contributed by atoms with van der Waals surface area (Å²) in [5.74, 6) is 1.75. The van der Waals surface area contributed by atoms with E-state index >= 15 is 0 Å². The van der Waals surface area contributed by atoms with Gasteiger partial charge in [-0.1, -0.05) is 54.6 Å². The topological polar surface area (TPSA) is 50.9 Å². The summed E-state index contributed by atoms with van der Waals surface area (Å²) in [5.41, 5.74) is 5.05. The molecule has 0 amide bonds. The minimum Gasteiger partial charge on any atom is -0.485 e. The Morgan fingerprint density at radius 2 is 1.75 bits per heavy atom. The first kappa shape index (κ1) is 16.6. The summed E-state index contributed by atoms with van der Waals surface area (Å²) in [6.45, 7) is 2.27. The molecular weight excluding hydrogens is 348 g/mol. The lowest BCUT2D eigenvalue weighted by Gasteiger charge is -2.07. The van der Waals surface area contributed by atoms with Gasteiger partial charge in [0.05, 0.1) is 12.2 Å². The van der Waals surface area contributed by atoms with E-state index in [0.717, 1.165) is 52.7 Å². The normalized spacial score (nSPS) is 13.4. The molecule has 4 aromatic rings. The van der Waals surface area contributed by atoms with Crippen molar-refractivity contribution in [3.05, 3.63) is 90.3 Å². The lowest BCUT2D eigenvalue weighted by molar-refractivity contribution is 0.308. The lowest BCUT2D eigenvalue weighted by atomic mass is 10.1. The number of rotatable bonds is 5. The third-order valence-corrected chi connectivity index (χ3v) is 4.81. The van der Waals surface area contributed by atoms with E-state index in [9.17, 15) is 0 Å². The largest absolute Gasteiger partial charge is 0.485 e. The number of nitrogens with zero attached hydrogens (tertiary/aromatic N) is 3. The number of ether oxygens (including phenoxy) is 1. The molecule has 1 N–H and O–H groups in total. The molecule has 138 valence electrons. The molecule has 5 heteroatoms. The number of aliphatic imine (C=N–C) groups is 1. The Morgan fingerprint density at radius 3 is 2.54 bits per heavy atom. The summed E-state index contributed by atoms with van der Waals surface area (Å²) in [6.07, 6.45) is 4.03. The molecule has 0 fully saturated rings. The molecular formula is C23H20N4O. The van der Waals surface area contributed by atoms with Crippen LogP contribution in [0.3, 0.4) is 0 Å². The van der Waals surface area contributed by atoms with E-state index in [4.69, 9.17) is 9.72 Å². The standard InChI is InChI=1S/C23H20N4O/c1-2-5-17(6-3-1)16-28-21-7-4-14-27-15-20(26-23(21)27)18-8-10-19(11-9-18)22-24-12-13-25-22/h1-11,14-15H,12-13,16H2,(H,24,25). The zero-order valence-electron chi connectivity index (χ0n) is 15.4. The molecule has 0 atom stereocenters. The first-order valence-corrected chi connectivity index (χ1v) is 9.40. The smallest absolute Gasteiger partial charge is 0.180 e. The van der Waals surface area contributed by atoms with Crippen LogP contribution >= 0.6 is 0 Å². The second kappa shape index (κ2) is 7.19. The number of imidazole rings is 1. The lowest BCUT2D eigenvalue weighted by Crippen LogP contribution is -2.19. The molecule has 0 bridgehead atoms. The van der Waals surface area contributed by atoms with Crippen LogP contribution in [0.5, 0.6) is 5.75 Å². The Bertz CT molecular complexity index is 1130. The molecule has 0 saturated carbocycles. The van der Waals surface area contributed by atoms with Crippen LogP contribution < -0.4 is 10.1 Å². The first-order valence-electron chi connectivity index (χ1n) is 9.40.